The van der Waals surface area contributed by atoms with E-state index in [1.54, 1.807) is 25.1 Å². The summed E-state index contributed by atoms with van der Waals surface area (Å²) >= 11 is 1.65. The highest BCUT2D eigenvalue weighted by atomic mass is 32.2. The van der Waals surface area contributed by atoms with Gasteiger partial charge in [-0.2, -0.15) is 4.99 Å². The maximum absolute atomic E-state index is 6.66. The zero-order valence-corrected chi connectivity index (χ0v) is 17.0. The Balaban J connectivity index is 1.45. The lowest BCUT2D eigenvalue weighted by Gasteiger charge is -2.34. The van der Waals surface area contributed by atoms with E-state index in [4.69, 9.17) is 24.9 Å². The summed E-state index contributed by atoms with van der Waals surface area (Å²) in [5.74, 6) is 2.03. The van der Waals surface area contributed by atoms with E-state index in [1.165, 1.54) is 16.0 Å². The van der Waals surface area contributed by atoms with Gasteiger partial charge in [-0.3, -0.25) is 4.99 Å². The van der Waals surface area contributed by atoms with Gasteiger partial charge in [-0.15, -0.1) is 0 Å². The fraction of sp³-hybridized carbons (Fsp3) is 0.130. The minimum Gasteiger partial charge on any atom is -0.497 e. The molecule has 6 nitrogen and oxygen atoms in total. The summed E-state index contributed by atoms with van der Waals surface area (Å²) in [4.78, 5) is 13.1. The van der Waals surface area contributed by atoms with E-state index in [0.29, 0.717) is 11.7 Å². The van der Waals surface area contributed by atoms with Crippen LogP contribution in [-0.4, -0.2) is 18.0 Å². The quantitative estimate of drug-likeness (QED) is 0.650. The van der Waals surface area contributed by atoms with Crippen molar-refractivity contribution in [1.82, 2.24) is 0 Å². The Morgan fingerprint density at radius 3 is 2.73 bits per heavy atom. The second-order valence-electron chi connectivity index (χ2n) is 7.24. The number of benzene rings is 2. The Morgan fingerprint density at radius 2 is 1.90 bits per heavy atom. The number of thioether (sulfide) groups is 1. The van der Waals surface area contributed by atoms with Crippen molar-refractivity contribution in [2.45, 2.75) is 12.2 Å². The second-order valence-corrected chi connectivity index (χ2v) is 8.31. The molecule has 30 heavy (non-hydrogen) atoms. The van der Waals surface area contributed by atoms with E-state index >= 15 is 0 Å². The minimum absolute atomic E-state index is 0.0239. The molecule has 2 atom stereocenters. The Hall–Kier alpha value is -3.29. The highest BCUT2D eigenvalue weighted by Crippen LogP contribution is 2.50. The monoisotopic (exact) mass is 414 g/mol. The van der Waals surface area contributed by atoms with Gasteiger partial charge >= 0.3 is 0 Å². The molecule has 1 aromatic heterocycles. The number of fused-ring (bicyclic) bond motifs is 4. The summed E-state index contributed by atoms with van der Waals surface area (Å²) in [6, 6.07) is 18.1. The molecule has 3 aliphatic rings. The van der Waals surface area contributed by atoms with E-state index in [2.05, 4.69) is 30.3 Å². The number of rotatable bonds is 3. The lowest BCUT2D eigenvalue weighted by atomic mass is 10.1. The largest absolute Gasteiger partial charge is 0.497 e. The maximum Gasteiger partial charge on any atom is 0.227 e. The molecule has 2 N–H and O–H groups in total. The molecule has 0 spiro atoms. The molecule has 6 rings (SSSR count). The molecule has 2 aromatic carbocycles. The fourth-order valence-electron chi connectivity index (χ4n) is 4.08. The van der Waals surface area contributed by atoms with Crippen molar-refractivity contribution in [3.05, 3.63) is 82.5 Å². The Labute approximate surface area is 177 Å². The zero-order chi connectivity index (χ0) is 20.2. The molecule has 2 aliphatic heterocycles. The number of hydrogen-bond donors (Lipinski definition) is 1. The Bertz CT molecular complexity index is 1240. The van der Waals surface area contributed by atoms with Crippen LogP contribution in [0.4, 0.5) is 11.6 Å². The van der Waals surface area contributed by atoms with Crippen LogP contribution in [0.2, 0.25) is 0 Å². The van der Waals surface area contributed by atoms with Crippen molar-refractivity contribution >= 4 is 40.3 Å². The molecule has 0 radical (unpaired) electrons. The van der Waals surface area contributed by atoms with Crippen LogP contribution < -0.4 is 15.4 Å². The SMILES string of the molecule is COc1ccc(N2C(C3=NC4C(=Cc5ccccc54)S3)=Nc3occc3C2N)cc1. The van der Waals surface area contributed by atoms with Crippen LogP contribution in [0.3, 0.4) is 0 Å². The lowest BCUT2D eigenvalue weighted by Crippen LogP contribution is -2.44. The van der Waals surface area contributed by atoms with Gasteiger partial charge in [0.1, 0.15) is 23.0 Å². The molecule has 0 bridgehead atoms. The molecule has 2 unspecified atom stereocenters. The molecular weight excluding hydrogens is 396 g/mol. The first kappa shape index (κ1) is 17.6. The second kappa shape index (κ2) is 6.62. The van der Waals surface area contributed by atoms with E-state index in [9.17, 15) is 0 Å². The van der Waals surface area contributed by atoms with Gasteiger partial charge in [0.2, 0.25) is 5.88 Å². The molecule has 3 aromatic rings. The van der Waals surface area contributed by atoms with E-state index < -0.39 is 6.17 Å². The number of aliphatic imine (C=N–C) groups is 2. The first-order valence-electron chi connectivity index (χ1n) is 9.64. The van der Waals surface area contributed by atoms with Gasteiger partial charge in [0.15, 0.2) is 5.84 Å². The summed E-state index contributed by atoms with van der Waals surface area (Å²) in [5.41, 5.74) is 10.9. The minimum atomic E-state index is -0.426. The predicted molar refractivity (Wildman–Crippen MR) is 120 cm³/mol. The van der Waals surface area contributed by atoms with Crippen molar-refractivity contribution in [3.8, 4) is 5.75 Å². The number of nitrogens with two attached hydrogens (primary N) is 1. The normalized spacial score (nSPS) is 21.4. The number of hydrogen-bond acceptors (Lipinski definition) is 7. The van der Waals surface area contributed by atoms with E-state index in [1.807, 2.05) is 35.2 Å². The number of amidine groups is 1. The summed E-state index contributed by atoms with van der Waals surface area (Å²) < 4.78 is 10.9. The molecule has 148 valence electrons. The number of ether oxygens (including phenoxy) is 1. The topological polar surface area (TPSA) is 76.3 Å². The van der Waals surface area contributed by atoms with Crippen molar-refractivity contribution in [2.24, 2.45) is 15.7 Å². The van der Waals surface area contributed by atoms with Gasteiger partial charge in [0.25, 0.3) is 0 Å². The molecular formula is C23H18N4O2S. The van der Waals surface area contributed by atoms with Gasteiger partial charge in [0.05, 0.1) is 18.9 Å². The standard InChI is InChI=1S/C23H18N4O2S/c1-28-15-8-6-14(7-9-15)27-20(24)17-10-11-29-22(17)26-21(27)23-25-19-16-5-3-2-4-13(16)12-18(19)30-23/h2-12,19-20H,24H2,1H3. The van der Waals surface area contributed by atoms with Gasteiger partial charge in [0, 0.05) is 10.6 Å². The summed E-state index contributed by atoms with van der Waals surface area (Å²) in [6.07, 6.45) is 3.41. The molecule has 0 saturated heterocycles. The van der Waals surface area contributed by atoms with Gasteiger partial charge in [-0.25, -0.2) is 0 Å². The molecule has 0 amide bonds. The van der Waals surface area contributed by atoms with Crippen LogP contribution in [0.15, 0.2) is 80.2 Å². The lowest BCUT2D eigenvalue weighted by molar-refractivity contribution is 0.415. The average Bonchev–Trinajstić information content (AvgIpc) is 3.48. The van der Waals surface area contributed by atoms with Crippen molar-refractivity contribution in [3.63, 3.8) is 0 Å². The van der Waals surface area contributed by atoms with Crippen molar-refractivity contribution in [2.75, 3.05) is 12.0 Å². The van der Waals surface area contributed by atoms with Crippen LogP contribution >= 0.6 is 11.8 Å². The molecule has 7 heteroatoms. The van der Waals surface area contributed by atoms with Crippen LogP contribution in [0.5, 0.6) is 5.75 Å². The molecule has 3 heterocycles. The average molecular weight is 414 g/mol. The van der Waals surface area contributed by atoms with Gasteiger partial charge in [-0.1, -0.05) is 36.0 Å². The van der Waals surface area contributed by atoms with Crippen LogP contribution in [0, 0.1) is 0 Å². The Morgan fingerprint density at radius 1 is 1.07 bits per heavy atom. The number of methoxy groups -OCH3 is 1. The number of nitrogens with zero attached hydrogens (tertiary/aromatic N) is 3. The number of furan rings is 1. The van der Waals surface area contributed by atoms with Crippen LogP contribution in [0.1, 0.15) is 28.9 Å². The molecule has 0 saturated carbocycles. The first-order chi connectivity index (χ1) is 14.7. The van der Waals surface area contributed by atoms with Gasteiger partial charge in [-0.05, 0) is 47.5 Å². The zero-order valence-electron chi connectivity index (χ0n) is 16.1. The highest BCUT2D eigenvalue weighted by Gasteiger charge is 2.39. The third-order valence-corrected chi connectivity index (χ3v) is 6.63. The third kappa shape index (κ3) is 2.56. The summed E-state index contributed by atoms with van der Waals surface area (Å²) in [6.45, 7) is 0. The van der Waals surface area contributed by atoms with Crippen molar-refractivity contribution in [1.29, 1.82) is 0 Å². The predicted octanol–water partition coefficient (Wildman–Crippen LogP) is 5.04. The van der Waals surface area contributed by atoms with E-state index in [0.717, 1.165) is 22.0 Å². The summed E-state index contributed by atoms with van der Waals surface area (Å²) in [5, 5.41) is 0.842. The van der Waals surface area contributed by atoms with Crippen LogP contribution in [-0.2, 0) is 0 Å². The summed E-state index contributed by atoms with van der Waals surface area (Å²) in [7, 11) is 1.65. The van der Waals surface area contributed by atoms with Crippen molar-refractivity contribution < 1.29 is 9.15 Å². The fourth-order valence-corrected chi connectivity index (χ4v) is 5.17. The third-order valence-electron chi connectivity index (χ3n) is 5.57. The molecule has 0 fully saturated rings. The van der Waals surface area contributed by atoms with E-state index in [-0.39, 0.29) is 6.04 Å². The first-order valence-corrected chi connectivity index (χ1v) is 10.5. The Kier molecular flexibility index (Phi) is 3.87. The highest BCUT2D eigenvalue weighted by molar-refractivity contribution is 8.19. The van der Waals surface area contributed by atoms with Gasteiger partial charge < -0.3 is 19.8 Å². The molecule has 1 aliphatic carbocycles. The number of anilines is 1. The van der Waals surface area contributed by atoms with Crippen LogP contribution in [0.25, 0.3) is 6.08 Å². The maximum atomic E-state index is 6.66. The smallest absolute Gasteiger partial charge is 0.227 e.